The number of carbonyl (C=O) groups is 1. The van der Waals surface area contributed by atoms with Crippen LogP contribution in [0.2, 0.25) is 0 Å². The number of likely N-dealkylation sites (tertiary alicyclic amines) is 1. The van der Waals surface area contributed by atoms with Crippen LogP contribution in [0.15, 0.2) is 0 Å². The monoisotopic (exact) mass is 253 g/mol. The molecule has 0 aliphatic carbocycles. The number of nitrogens with one attached hydrogen (secondary N) is 1. The number of likely N-dealkylation sites (N-methyl/N-ethyl adjacent to an activating group) is 1. The fourth-order valence-corrected chi connectivity index (χ4v) is 3.28. The zero-order valence-corrected chi connectivity index (χ0v) is 12.1. The molecule has 0 aromatic carbocycles. The van der Waals surface area contributed by atoms with E-state index in [9.17, 15) is 4.79 Å². The minimum atomic E-state index is 0.0111. The standard InChI is InChI=1S/C14H27N3O/c1-5-16-8-6-7-12(9-16)17-11(4)15-13(10(2)3)14(17)18/h10-13,15H,5-9H2,1-4H3. The van der Waals surface area contributed by atoms with E-state index in [1.165, 1.54) is 13.0 Å². The Morgan fingerprint density at radius 3 is 2.72 bits per heavy atom. The number of piperidine rings is 1. The van der Waals surface area contributed by atoms with E-state index in [4.69, 9.17) is 0 Å². The average Bonchev–Trinajstić information content (AvgIpc) is 2.65. The third kappa shape index (κ3) is 2.54. The summed E-state index contributed by atoms with van der Waals surface area (Å²) in [6, 6.07) is 0.412. The van der Waals surface area contributed by atoms with Gasteiger partial charge in [-0.25, -0.2) is 0 Å². The second-order valence-corrected chi connectivity index (χ2v) is 6.00. The Morgan fingerprint density at radius 1 is 1.44 bits per heavy atom. The molecule has 1 N–H and O–H groups in total. The summed E-state index contributed by atoms with van der Waals surface area (Å²) < 4.78 is 0. The molecule has 0 saturated carbocycles. The third-order valence-corrected chi connectivity index (χ3v) is 4.35. The highest BCUT2D eigenvalue weighted by atomic mass is 16.2. The lowest BCUT2D eigenvalue weighted by atomic mass is 10.0. The first-order valence-electron chi connectivity index (χ1n) is 7.35. The van der Waals surface area contributed by atoms with Gasteiger partial charge in [-0.15, -0.1) is 0 Å². The van der Waals surface area contributed by atoms with Crippen molar-refractivity contribution >= 4 is 5.91 Å². The van der Waals surface area contributed by atoms with Gasteiger partial charge in [-0.2, -0.15) is 0 Å². The van der Waals surface area contributed by atoms with Crippen LogP contribution in [-0.4, -0.2) is 53.6 Å². The highest BCUT2D eigenvalue weighted by Gasteiger charge is 2.42. The Kier molecular flexibility index (Phi) is 4.28. The molecule has 3 atom stereocenters. The summed E-state index contributed by atoms with van der Waals surface area (Å²) in [7, 11) is 0. The Morgan fingerprint density at radius 2 is 2.17 bits per heavy atom. The summed E-state index contributed by atoms with van der Waals surface area (Å²) in [4.78, 5) is 17.1. The molecule has 2 fully saturated rings. The first-order valence-corrected chi connectivity index (χ1v) is 7.35. The summed E-state index contributed by atoms with van der Waals surface area (Å²) >= 11 is 0. The van der Waals surface area contributed by atoms with Gasteiger partial charge >= 0.3 is 0 Å². The minimum Gasteiger partial charge on any atom is -0.322 e. The van der Waals surface area contributed by atoms with Gasteiger partial charge in [0.25, 0.3) is 0 Å². The quantitative estimate of drug-likeness (QED) is 0.823. The smallest absolute Gasteiger partial charge is 0.241 e. The van der Waals surface area contributed by atoms with E-state index in [0.29, 0.717) is 17.9 Å². The van der Waals surface area contributed by atoms with Crippen molar-refractivity contribution in [1.82, 2.24) is 15.1 Å². The zero-order valence-electron chi connectivity index (χ0n) is 12.1. The van der Waals surface area contributed by atoms with E-state index in [1.807, 2.05) is 0 Å². The number of rotatable bonds is 3. The molecule has 0 aromatic heterocycles. The number of carbonyl (C=O) groups excluding carboxylic acids is 1. The van der Waals surface area contributed by atoms with Crippen molar-refractivity contribution in [3.05, 3.63) is 0 Å². The van der Waals surface area contributed by atoms with Gasteiger partial charge < -0.3 is 9.80 Å². The number of amides is 1. The SMILES string of the molecule is CCN1CCCC(N2C(=O)C(C(C)C)NC2C)C1. The van der Waals surface area contributed by atoms with E-state index in [2.05, 4.69) is 42.8 Å². The van der Waals surface area contributed by atoms with Crippen LogP contribution < -0.4 is 5.32 Å². The van der Waals surface area contributed by atoms with Crippen LogP contribution >= 0.6 is 0 Å². The molecule has 4 nitrogen and oxygen atoms in total. The molecular weight excluding hydrogens is 226 g/mol. The topological polar surface area (TPSA) is 35.6 Å². The van der Waals surface area contributed by atoms with Crippen molar-refractivity contribution < 1.29 is 4.79 Å². The number of nitrogens with zero attached hydrogens (tertiary/aromatic N) is 2. The summed E-state index contributed by atoms with van der Waals surface area (Å²) in [5, 5.41) is 3.44. The van der Waals surface area contributed by atoms with E-state index < -0.39 is 0 Å². The molecule has 2 aliphatic rings. The largest absolute Gasteiger partial charge is 0.322 e. The van der Waals surface area contributed by atoms with Crippen molar-refractivity contribution in [3.63, 3.8) is 0 Å². The van der Waals surface area contributed by atoms with Crippen LogP contribution in [0.5, 0.6) is 0 Å². The Hall–Kier alpha value is -0.610. The highest BCUT2D eigenvalue weighted by Crippen LogP contribution is 2.24. The molecule has 2 aliphatic heterocycles. The molecule has 0 radical (unpaired) electrons. The first-order chi connectivity index (χ1) is 8.54. The lowest BCUT2D eigenvalue weighted by Crippen LogP contribution is -2.51. The Labute approximate surface area is 111 Å². The van der Waals surface area contributed by atoms with Crippen molar-refractivity contribution in [3.8, 4) is 0 Å². The average molecular weight is 253 g/mol. The summed E-state index contributed by atoms with van der Waals surface area (Å²) in [6.45, 7) is 11.9. The van der Waals surface area contributed by atoms with Crippen LogP contribution in [0.4, 0.5) is 0 Å². The predicted octanol–water partition coefficient (Wildman–Crippen LogP) is 1.27. The van der Waals surface area contributed by atoms with E-state index >= 15 is 0 Å². The molecule has 104 valence electrons. The van der Waals surface area contributed by atoms with Crippen molar-refractivity contribution in [1.29, 1.82) is 0 Å². The third-order valence-electron chi connectivity index (χ3n) is 4.35. The Bertz CT molecular complexity index is 305. The van der Waals surface area contributed by atoms with Crippen LogP contribution in [0.25, 0.3) is 0 Å². The van der Waals surface area contributed by atoms with Gasteiger partial charge in [0.2, 0.25) is 5.91 Å². The van der Waals surface area contributed by atoms with Crippen molar-refractivity contribution in [2.24, 2.45) is 5.92 Å². The highest BCUT2D eigenvalue weighted by molar-refractivity contribution is 5.84. The molecule has 0 spiro atoms. The number of hydrogen-bond acceptors (Lipinski definition) is 3. The molecule has 4 heteroatoms. The van der Waals surface area contributed by atoms with Crippen LogP contribution in [0.1, 0.15) is 40.5 Å². The molecule has 0 aromatic rings. The lowest BCUT2D eigenvalue weighted by Gasteiger charge is -2.38. The van der Waals surface area contributed by atoms with Gasteiger partial charge in [0.15, 0.2) is 0 Å². The van der Waals surface area contributed by atoms with Crippen LogP contribution in [0.3, 0.4) is 0 Å². The van der Waals surface area contributed by atoms with Crippen molar-refractivity contribution in [2.45, 2.75) is 58.8 Å². The summed E-state index contributed by atoms with van der Waals surface area (Å²) in [5.74, 6) is 0.677. The van der Waals surface area contributed by atoms with Gasteiger partial charge in [-0.3, -0.25) is 10.1 Å². The van der Waals surface area contributed by atoms with E-state index in [0.717, 1.165) is 19.5 Å². The molecule has 3 unspecified atom stereocenters. The second kappa shape index (κ2) is 5.57. The van der Waals surface area contributed by atoms with Crippen LogP contribution in [-0.2, 0) is 4.79 Å². The van der Waals surface area contributed by atoms with Gasteiger partial charge in [0.1, 0.15) is 0 Å². The maximum atomic E-state index is 12.5. The summed E-state index contributed by atoms with van der Waals surface area (Å²) in [5.41, 5.74) is 0. The predicted molar refractivity (Wildman–Crippen MR) is 73.2 cm³/mol. The normalized spacial score (nSPS) is 34.6. The lowest BCUT2D eigenvalue weighted by molar-refractivity contribution is -0.133. The van der Waals surface area contributed by atoms with Gasteiger partial charge in [-0.1, -0.05) is 20.8 Å². The maximum Gasteiger partial charge on any atom is 0.241 e. The van der Waals surface area contributed by atoms with Gasteiger partial charge in [0, 0.05) is 12.6 Å². The second-order valence-electron chi connectivity index (χ2n) is 6.00. The molecule has 2 rings (SSSR count). The fourth-order valence-electron chi connectivity index (χ4n) is 3.28. The number of hydrogen-bond donors (Lipinski definition) is 1. The zero-order chi connectivity index (χ0) is 13.3. The molecule has 1 amide bonds. The minimum absolute atomic E-state index is 0.0111. The molecule has 18 heavy (non-hydrogen) atoms. The van der Waals surface area contributed by atoms with Gasteiger partial charge in [0.05, 0.1) is 12.2 Å². The van der Waals surface area contributed by atoms with E-state index in [-0.39, 0.29) is 12.2 Å². The van der Waals surface area contributed by atoms with Crippen LogP contribution in [0, 0.1) is 5.92 Å². The summed E-state index contributed by atoms with van der Waals surface area (Å²) in [6.07, 6.45) is 2.55. The first kappa shape index (κ1) is 13.8. The van der Waals surface area contributed by atoms with Crippen molar-refractivity contribution in [2.75, 3.05) is 19.6 Å². The molecular formula is C14H27N3O. The maximum absolute atomic E-state index is 12.5. The van der Waals surface area contributed by atoms with E-state index in [1.54, 1.807) is 0 Å². The molecule has 2 heterocycles. The van der Waals surface area contributed by atoms with Gasteiger partial charge in [-0.05, 0) is 38.8 Å². The fraction of sp³-hybridized carbons (Fsp3) is 0.929. The molecule has 0 bridgehead atoms. The Balaban J connectivity index is 2.05. The molecule has 2 saturated heterocycles.